The van der Waals surface area contributed by atoms with Crippen LogP contribution in [0.1, 0.15) is 22.1 Å². The van der Waals surface area contributed by atoms with Crippen LogP contribution >= 0.6 is 0 Å². The summed E-state index contributed by atoms with van der Waals surface area (Å²) in [5.41, 5.74) is 5.38. The van der Waals surface area contributed by atoms with Crippen LogP contribution in [0.5, 0.6) is 0 Å². The number of carbonyl (C=O) groups excluding carboxylic acids is 1. The Morgan fingerprint density at radius 3 is 2.50 bits per heavy atom. The standard InChI is InChI=1S/C11H15N3O4/c1-13(2)11(18-3)8-5-4-7(10(12)15)6-9(8)14(16)17/h4-6,11H,1-3H3,(H2,12,15). The monoisotopic (exact) mass is 253 g/mol. The van der Waals surface area contributed by atoms with Crippen LogP contribution in [-0.4, -0.2) is 36.9 Å². The van der Waals surface area contributed by atoms with E-state index >= 15 is 0 Å². The minimum atomic E-state index is -0.705. The summed E-state index contributed by atoms with van der Waals surface area (Å²) in [7, 11) is 4.93. The Morgan fingerprint density at radius 1 is 1.50 bits per heavy atom. The lowest BCUT2D eigenvalue weighted by molar-refractivity contribution is -0.386. The molecule has 0 aliphatic rings. The summed E-state index contributed by atoms with van der Waals surface area (Å²) >= 11 is 0. The topological polar surface area (TPSA) is 98.7 Å². The number of carbonyl (C=O) groups is 1. The minimum Gasteiger partial charge on any atom is -0.366 e. The minimum absolute atomic E-state index is 0.0964. The zero-order valence-corrected chi connectivity index (χ0v) is 10.4. The van der Waals surface area contributed by atoms with Gasteiger partial charge >= 0.3 is 0 Å². The molecule has 0 saturated heterocycles. The molecule has 0 fully saturated rings. The fraction of sp³-hybridized carbons (Fsp3) is 0.364. The molecule has 1 aromatic carbocycles. The highest BCUT2D eigenvalue weighted by Gasteiger charge is 2.24. The Kier molecular flexibility index (Phi) is 4.35. The first-order valence-electron chi connectivity index (χ1n) is 5.15. The number of amides is 1. The third kappa shape index (κ3) is 2.82. The molecule has 0 heterocycles. The van der Waals surface area contributed by atoms with Gasteiger partial charge in [-0.3, -0.25) is 19.8 Å². The fourth-order valence-corrected chi connectivity index (χ4v) is 1.68. The Morgan fingerprint density at radius 2 is 2.11 bits per heavy atom. The van der Waals surface area contributed by atoms with Gasteiger partial charge in [-0.1, -0.05) is 0 Å². The normalized spacial score (nSPS) is 12.4. The van der Waals surface area contributed by atoms with Gasteiger partial charge < -0.3 is 10.5 Å². The lowest BCUT2D eigenvalue weighted by atomic mass is 10.1. The van der Waals surface area contributed by atoms with Gasteiger partial charge in [0.1, 0.15) is 6.23 Å². The number of hydrogen-bond acceptors (Lipinski definition) is 5. The highest BCUT2D eigenvalue weighted by Crippen LogP contribution is 2.29. The van der Waals surface area contributed by atoms with Crippen LogP contribution in [0, 0.1) is 10.1 Å². The molecule has 7 heteroatoms. The van der Waals surface area contributed by atoms with Gasteiger partial charge in [0, 0.05) is 18.7 Å². The molecule has 1 unspecified atom stereocenters. The molecule has 2 N–H and O–H groups in total. The van der Waals surface area contributed by atoms with Crippen molar-refractivity contribution in [2.45, 2.75) is 6.23 Å². The molecule has 1 rings (SSSR count). The van der Waals surface area contributed by atoms with E-state index in [1.807, 2.05) is 0 Å². The zero-order chi connectivity index (χ0) is 13.9. The van der Waals surface area contributed by atoms with E-state index in [-0.39, 0.29) is 11.3 Å². The van der Waals surface area contributed by atoms with Crippen molar-refractivity contribution in [3.8, 4) is 0 Å². The second-order valence-electron chi connectivity index (χ2n) is 3.95. The molecule has 0 bridgehead atoms. The number of benzene rings is 1. The molecule has 7 nitrogen and oxygen atoms in total. The SMILES string of the molecule is COC(c1ccc(C(N)=O)cc1[N+](=O)[O-])N(C)C. The van der Waals surface area contributed by atoms with Crippen molar-refractivity contribution in [3.05, 3.63) is 39.4 Å². The number of rotatable bonds is 5. The van der Waals surface area contributed by atoms with E-state index in [0.29, 0.717) is 5.56 Å². The van der Waals surface area contributed by atoms with Crippen molar-refractivity contribution in [1.82, 2.24) is 4.90 Å². The number of ether oxygens (including phenoxy) is 1. The maximum Gasteiger partial charge on any atom is 0.277 e. The molecule has 1 amide bonds. The predicted molar refractivity (Wildman–Crippen MR) is 65.1 cm³/mol. The zero-order valence-electron chi connectivity index (χ0n) is 10.4. The van der Waals surface area contributed by atoms with Gasteiger partial charge in [-0.05, 0) is 26.2 Å². The Balaban J connectivity index is 3.35. The van der Waals surface area contributed by atoms with Crippen molar-refractivity contribution in [2.24, 2.45) is 5.73 Å². The fourth-order valence-electron chi connectivity index (χ4n) is 1.68. The van der Waals surface area contributed by atoms with Crippen LogP contribution in [0.4, 0.5) is 5.69 Å². The lowest BCUT2D eigenvalue weighted by Crippen LogP contribution is -2.23. The van der Waals surface area contributed by atoms with Gasteiger partial charge in [-0.15, -0.1) is 0 Å². The van der Waals surface area contributed by atoms with Gasteiger partial charge in [0.15, 0.2) is 0 Å². The summed E-state index contributed by atoms with van der Waals surface area (Å²) in [6.45, 7) is 0. The van der Waals surface area contributed by atoms with E-state index in [1.54, 1.807) is 19.0 Å². The largest absolute Gasteiger partial charge is 0.366 e. The number of nitrogens with zero attached hydrogens (tertiary/aromatic N) is 2. The van der Waals surface area contributed by atoms with Gasteiger partial charge in [-0.25, -0.2) is 0 Å². The van der Waals surface area contributed by atoms with Gasteiger partial charge in [-0.2, -0.15) is 0 Å². The van der Waals surface area contributed by atoms with Gasteiger partial charge in [0.25, 0.3) is 5.69 Å². The summed E-state index contributed by atoms with van der Waals surface area (Å²) in [4.78, 5) is 23.2. The first kappa shape index (κ1) is 14.1. The molecule has 0 aromatic heterocycles. The molecule has 98 valence electrons. The van der Waals surface area contributed by atoms with Crippen molar-refractivity contribution >= 4 is 11.6 Å². The van der Waals surface area contributed by atoms with E-state index in [1.165, 1.54) is 19.2 Å². The van der Waals surface area contributed by atoms with Gasteiger partial charge in [0.2, 0.25) is 5.91 Å². The number of nitro groups is 1. The molecule has 18 heavy (non-hydrogen) atoms. The molecule has 0 spiro atoms. The van der Waals surface area contributed by atoms with Crippen molar-refractivity contribution < 1.29 is 14.5 Å². The predicted octanol–water partition coefficient (Wildman–Crippen LogP) is 0.900. The molecular formula is C11H15N3O4. The molecule has 0 aliphatic carbocycles. The van der Waals surface area contributed by atoms with E-state index in [0.717, 1.165) is 6.07 Å². The first-order valence-corrected chi connectivity index (χ1v) is 5.15. The molecule has 1 aromatic rings. The third-order valence-electron chi connectivity index (χ3n) is 2.47. The first-order chi connectivity index (χ1) is 8.38. The van der Waals surface area contributed by atoms with E-state index in [9.17, 15) is 14.9 Å². The number of hydrogen-bond donors (Lipinski definition) is 1. The Hall–Kier alpha value is -1.99. The van der Waals surface area contributed by atoms with Crippen LogP contribution < -0.4 is 5.73 Å². The molecule has 0 saturated carbocycles. The highest BCUT2D eigenvalue weighted by molar-refractivity contribution is 5.93. The quantitative estimate of drug-likeness (QED) is 0.477. The summed E-state index contributed by atoms with van der Waals surface area (Å²) in [5.74, 6) is -0.705. The van der Waals surface area contributed by atoms with Crippen LogP contribution in [0.25, 0.3) is 0 Å². The number of primary amides is 1. The van der Waals surface area contributed by atoms with Crippen molar-refractivity contribution in [3.63, 3.8) is 0 Å². The number of nitrogens with two attached hydrogens (primary N) is 1. The lowest BCUT2D eigenvalue weighted by Gasteiger charge is -2.22. The summed E-state index contributed by atoms with van der Waals surface area (Å²) < 4.78 is 5.19. The highest BCUT2D eigenvalue weighted by atomic mass is 16.6. The second-order valence-corrected chi connectivity index (χ2v) is 3.95. The van der Waals surface area contributed by atoms with E-state index in [4.69, 9.17) is 10.5 Å². The average Bonchev–Trinajstić information content (AvgIpc) is 2.29. The van der Waals surface area contributed by atoms with Crippen LogP contribution in [0.2, 0.25) is 0 Å². The second kappa shape index (κ2) is 5.56. The van der Waals surface area contributed by atoms with Crippen LogP contribution in [-0.2, 0) is 4.74 Å². The van der Waals surface area contributed by atoms with Crippen LogP contribution in [0.3, 0.4) is 0 Å². The molecule has 1 atom stereocenters. The van der Waals surface area contributed by atoms with Crippen molar-refractivity contribution in [2.75, 3.05) is 21.2 Å². The van der Waals surface area contributed by atoms with Gasteiger partial charge in [0.05, 0.1) is 10.5 Å². The maximum atomic E-state index is 11.0. The number of methoxy groups -OCH3 is 1. The Bertz CT molecular complexity index is 473. The third-order valence-corrected chi connectivity index (χ3v) is 2.47. The molecule has 0 radical (unpaired) electrons. The average molecular weight is 253 g/mol. The summed E-state index contributed by atoms with van der Waals surface area (Å²) in [6, 6.07) is 4.08. The maximum absolute atomic E-state index is 11.0. The Labute approximate surface area is 104 Å². The van der Waals surface area contributed by atoms with Crippen molar-refractivity contribution in [1.29, 1.82) is 0 Å². The van der Waals surface area contributed by atoms with E-state index < -0.39 is 17.1 Å². The molecule has 0 aliphatic heterocycles. The summed E-state index contributed by atoms with van der Waals surface area (Å²) in [6.07, 6.45) is -0.563. The number of nitro benzene ring substituents is 1. The van der Waals surface area contributed by atoms with Crippen LogP contribution in [0.15, 0.2) is 18.2 Å². The van der Waals surface area contributed by atoms with E-state index in [2.05, 4.69) is 0 Å². The summed E-state index contributed by atoms with van der Waals surface area (Å²) in [5, 5.41) is 11.0. The molecular weight excluding hydrogens is 238 g/mol. The smallest absolute Gasteiger partial charge is 0.277 e.